The van der Waals surface area contributed by atoms with Crippen molar-refractivity contribution in [1.29, 1.82) is 0 Å². The van der Waals surface area contributed by atoms with Crippen molar-refractivity contribution >= 4 is 28.7 Å². The first-order valence-electron chi connectivity index (χ1n) is 7.23. The molecule has 0 aromatic heterocycles. The van der Waals surface area contributed by atoms with Gasteiger partial charge in [-0.15, -0.1) is 6.58 Å². The minimum absolute atomic E-state index is 0.122. The molecule has 0 heterocycles. The topological polar surface area (TPSA) is 55.5 Å². The SMILES string of the molecule is C=CCCc1ccc(CCc2ccc(OI)c(N)c2O)cc1. The number of nitrogens with two attached hydrogens (primary N) is 1. The fourth-order valence-electron chi connectivity index (χ4n) is 2.32. The number of rotatable bonds is 7. The van der Waals surface area contributed by atoms with Gasteiger partial charge in [0.2, 0.25) is 0 Å². The molecule has 116 valence electrons. The normalized spacial score (nSPS) is 10.4. The fourth-order valence-corrected chi connectivity index (χ4v) is 2.71. The number of phenols is 1. The van der Waals surface area contributed by atoms with Gasteiger partial charge in [0, 0.05) is 0 Å². The summed E-state index contributed by atoms with van der Waals surface area (Å²) in [5, 5.41) is 10.1. The Labute approximate surface area is 145 Å². The van der Waals surface area contributed by atoms with Crippen LogP contribution < -0.4 is 8.80 Å². The summed E-state index contributed by atoms with van der Waals surface area (Å²) < 4.78 is 5.07. The van der Waals surface area contributed by atoms with Crippen LogP contribution in [-0.4, -0.2) is 5.11 Å². The summed E-state index contributed by atoms with van der Waals surface area (Å²) in [5.74, 6) is 0.616. The summed E-state index contributed by atoms with van der Waals surface area (Å²) in [7, 11) is 0. The highest BCUT2D eigenvalue weighted by atomic mass is 127. The number of halogens is 1. The first kappa shape index (κ1) is 16.7. The van der Waals surface area contributed by atoms with Gasteiger partial charge in [0.05, 0.1) is 0 Å². The maximum absolute atomic E-state index is 10.1. The van der Waals surface area contributed by atoms with Gasteiger partial charge in [-0.05, 0) is 48.4 Å². The predicted molar refractivity (Wildman–Crippen MR) is 99.5 cm³/mol. The van der Waals surface area contributed by atoms with Crippen molar-refractivity contribution < 1.29 is 8.17 Å². The molecule has 4 heteroatoms. The lowest BCUT2D eigenvalue weighted by Crippen LogP contribution is -1.97. The average molecular weight is 409 g/mol. The standard InChI is InChI=1S/C18H20INO2/c1-2-3-4-13-5-7-14(8-6-13)9-10-15-11-12-16(22-19)17(20)18(15)21/h2,5-8,11-12,21H,1,3-4,9-10,20H2. The number of benzene rings is 2. The quantitative estimate of drug-likeness (QED) is 0.304. The van der Waals surface area contributed by atoms with Gasteiger partial charge in [0.15, 0.2) is 28.8 Å². The van der Waals surface area contributed by atoms with E-state index in [1.165, 1.54) is 11.1 Å². The lowest BCUT2D eigenvalue weighted by Gasteiger charge is -2.10. The van der Waals surface area contributed by atoms with Crippen LogP contribution in [0.4, 0.5) is 5.69 Å². The number of aryl methyl sites for hydroxylation is 3. The molecule has 0 atom stereocenters. The van der Waals surface area contributed by atoms with Gasteiger partial charge >= 0.3 is 0 Å². The van der Waals surface area contributed by atoms with E-state index >= 15 is 0 Å². The fraction of sp³-hybridized carbons (Fsp3) is 0.222. The first-order chi connectivity index (χ1) is 10.7. The summed E-state index contributed by atoms with van der Waals surface area (Å²) in [6.45, 7) is 3.74. The molecule has 0 aliphatic carbocycles. The molecule has 22 heavy (non-hydrogen) atoms. The highest BCUT2D eigenvalue weighted by Gasteiger charge is 2.10. The molecule has 0 bridgehead atoms. The van der Waals surface area contributed by atoms with Crippen LogP contribution >= 0.6 is 23.0 Å². The summed E-state index contributed by atoms with van der Waals surface area (Å²) in [6.07, 6.45) is 5.56. The Balaban J connectivity index is 2.01. The third-order valence-corrected chi connectivity index (χ3v) is 4.16. The number of phenolic OH excluding ortho intramolecular Hbond substituents is 1. The van der Waals surface area contributed by atoms with Crippen LogP contribution in [0.3, 0.4) is 0 Å². The Kier molecular flexibility index (Phi) is 6.12. The van der Waals surface area contributed by atoms with E-state index in [9.17, 15) is 5.11 Å². The van der Waals surface area contributed by atoms with Gasteiger partial charge in [-0.2, -0.15) is 0 Å². The third kappa shape index (κ3) is 4.16. The number of hydrogen-bond donors (Lipinski definition) is 2. The molecular weight excluding hydrogens is 389 g/mol. The van der Waals surface area contributed by atoms with Crippen molar-refractivity contribution in [2.45, 2.75) is 25.7 Å². The smallest absolute Gasteiger partial charge is 0.192 e. The molecule has 2 rings (SSSR count). The Bertz CT molecular complexity index is 638. The van der Waals surface area contributed by atoms with Crippen molar-refractivity contribution in [2.75, 3.05) is 5.73 Å². The zero-order chi connectivity index (χ0) is 15.9. The Morgan fingerprint density at radius 3 is 2.27 bits per heavy atom. The predicted octanol–water partition coefficient (Wildman–Crippen LogP) is 4.61. The highest BCUT2D eigenvalue weighted by molar-refractivity contribution is 14.1. The number of hydrogen-bond acceptors (Lipinski definition) is 3. The summed E-state index contributed by atoms with van der Waals surface area (Å²) in [5.41, 5.74) is 9.54. The van der Waals surface area contributed by atoms with Crippen LogP contribution in [0.15, 0.2) is 49.1 Å². The van der Waals surface area contributed by atoms with Gasteiger partial charge < -0.3 is 13.9 Å². The van der Waals surface area contributed by atoms with Crippen LogP contribution in [0, 0.1) is 0 Å². The van der Waals surface area contributed by atoms with Crippen LogP contribution in [0.5, 0.6) is 11.5 Å². The molecule has 0 aliphatic rings. The Morgan fingerprint density at radius 1 is 1.05 bits per heavy atom. The molecule has 0 unspecified atom stereocenters. The van der Waals surface area contributed by atoms with E-state index in [1.807, 2.05) is 12.1 Å². The van der Waals surface area contributed by atoms with Crippen molar-refractivity contribution in [3.8, 4) is 11.5 Å². The molecule has 0 aliphatic heterocycles. The number of allylic oxidation sites excluding steroid dienone is 1. The second-order valence-corrected chi connectivity index (χ2v) is 5.65. The Hall–Kier alpha value is -1.69. The van der Waals surface area contributed by atoms with Crippen LogP contribution in [0.2, 0.25) is 0 Å². The van der Waals surface area contributed by atoms with Crippen LogP contribution in [0.25, 0.3) is 0 Å². The molecule has 0 spiro atoms. The van der Waals surface area contributed by atoms with Gasteiger partial charge in [-0.25, -0.2) is 0 Å². The van der Waals surface area contributed by atoms with Gasteiger partial charge in [-0.1, -0.05) is 36.4 Å². The summed E-state index contributed by atoms with van der Waals surface area (Å²) in [4.78, 5) is 0. The largest absolute Gasteiger partial charge is 0.505 e. The molecule has 0 radical (unpaired) electrons. The average Bonchev–Trinajstić information content (AvgIpc) is 2.55. The van der Waals surface area contributed by atoms with Crippen molar-refractivity contribution in [3.05, 3.63) is 65.7 Å². The zero-order valence-electron chi connectivity index (χ0n) is 12.4. The van der Waals surface area contributed by atoms with Gasteiger partial charge in [0.1, 0.15) is 11.4 Å². The van der Waals surface area contributed by atoms with Gasteiger partial charge in [-0.3, -0.25) is 0 Å². The van der Waals surface area contributed by atoms with Crippen LogP contribution in [-0.2, 0) is 19.3 Å². The van der Waals surface area contributed by atoms with E-state index in [1.54, 1.807) is 29.1 Å². The monoisotopic (exact) mass is 409 g/mol. The molecule has 2 aromatic rings. The number of anilines is 1. The first-order valence-corrected chi connectivity index (χ1v) is 8.11. The van der Waals surface area contributed by atoms with E-state index in [4.69, 9.17) is 8.80 Å². The molecule has 0 amide bonds. The molecule has 0 saturated carbocycles. The van der Waals surface area contributed by atoms with Crippen molar-refractivity contribution in [3.63, 3.8) is 0 Å². The minimum Gasteiger partial charge on any atom is -0.505 e. The highest BCUT2D eigenvalue weighted by Crippen LogP contribution is 2.35. The van der Waals surface area contributed by atoms with E-state index in [2.05, 4.69) is 30.8 Å². The summed E-state index contributed by atoms with van der Waals surface area (Å²) >= 11 is 1.75. The van der Waals surface area contributed by atoms with Crippen LogP contribution in [0.1, 0.15) is 23.1 Å². The lowest BCUT2D eigenvalue weighted by molar-refractivity contribution is 0.469. The van der Waals surface area contributed by atoms with E-state index in [0.717, 1.165) is 31.2 Å². The zero-order valence-corrected chi connectivity index (χ0v) is 14.5. The van der Waals surface area contributed by atoms with E-state index in [-0.39, 0.29) is 5.75 Å². The van der Waals surface area contributed by atoms with Crippen molar-refractivity contribution in [1.82, 2.24) is 0 Å². The lowest BCUT2D eigenvalue weighted by atomic mass is 10.0. The third-order valence-electron chi connectivity index (χ3n) is 3.69. The number of nitrogen functional groups attached to an aromatic ring is 1. The molecule has 3 N–H and O–H groups in total. The maximum atomic E-state index is 10.1. The number of aromatic hydroxyl groups is 1. The van der Waals surface area contributed by atoms with Gasteiger partial charge in [0.25, 0.3) is 0 Å². The minimum atomic E-state index is 0.122. The second-order valence-electron chi connectivity index (χ2n) is 5.21. The molecule has 0 fully saturated rings. The maximum Gasteiger partial charge on any atom is 0.192 e. The van der Waals surface area contributed by atoms with Crippen molar-refractivity contribution in [2.24, 2.45) is 0 Å². The molecule has 3 nitrogen and oxygen atoms in total. The molecule has 2 aromatic carbocycles. The van der Waals surface area contributed by atoms with E-state index in [0.29, 0.717) is 11.4 Å². The Morgan fingerprint density at radius 2 is 1.68 bits per heavy atom. The molecule has 0 saturated heterocycles. The van der Waals surface area contributed by atoms with E-state index < -0.39 is 0 Å². The molecular formula is C18H20INO2. The summed E-state index contributed by atoms with van der Waals surface area (Å²) in [6, 6.07) is 12.2. The second kappa shape index (κ2) is 8.08.